The maximum absolute atomic E-state index is 12.3. The SMILES string of the molecule is CN1CCN([C@H]2CC[C@@H](N(C)C(=O)COCCN(C)[SH](=O)=O)C2)CC1. The van der Waals surface area contributed by atoms with Crippen LogP contribution >= 0.6 is 0 Å². The normalized spacial score (nSPS) is 25.8. The average molecular weight is 377 g/mol. The van der Waals surface area contributed by atoms with Crippen LogP contribution in [0.15, 0.2) is 0 Å². The molecule has 0 aromatic rings. The highest BCUT2D eigenvalue weighted by Crippen LogP contribution is 2.28. The van der Waals surface area contributed by atoms with Gasteiger partial charge in [0.1, 0.15) is 6.61 Å². The van der Waals surface area contributed by atoms with Crippen molar-refractivity contribution in [2.24, 2.45) is 0 Å². The van der Waals surface area contributed by atoms with Crippen LogP contribution < -0.4 is 0 Å². The molecule has 2 rings (SSSR count). The van der Waals surface area contributed by atoms with Crippen molar-refractivity contribution in [3.8, 4) is 0 Å². The van der Waals surface area contributed by atoms with E-state index in [9.17, 15) is 13.2 Å². The van der Waals surface area contributed by atoms with Crippen LogP contribution in [0.3, 0.4) is 0 Å². The summed E-state index contributed by atoms with van der Waals surface area (Å²) in [5.74, 6) is -0.0295. The maximum atomic E-state index is 12.3. The summed E-state index contributed by atoms with van der Waals surface area (Å²) in [6.45, 7) is 4.98. The second-order valence-corrected chi connectivity index (χ2v) is 8.29. The summed E-state index contributed by atoms with van der Waals surface area (Å²) < 4.78 is 27.9. The Morgan fingerprint density at radius 1 is 1.16 bits per heavy atom. The fraction of sp³-hybridized carbons (Fsp3) is 0.938. The van der Waals surface area contributed by atoms with E-state index in [2.05, 4.69) is 16.8 Å². The first-order valence-corrected chi connectivity index (χ1v) is 10.1. The average Bonchev–Trinajstić information content (AvgIpc) is 3.08. The van der Waals surface area contributed by atoms with E-state index in [1.54, 1.807) is 0 Å². The molecule has 0 spiro atoms. The molecule has 0 bridgehead atoms. The molecule has 8 nitrogen and oxygen atoms in total. The van der Waals surface area contributed by atoms with Crippen molar-refractivity contribution in [1.82, 2.24) is 19.0 Å². The Bertz CT molecular complexity index is 500. The minimum Gasteiger partial charge on any atom is -0.370 e. The molecule has 0 unspecified atom stereocenters. The predicted molar refractivity (Wildman–Crippen MR) is 97.0 cm³/mol. The molecule has 0 aromatic heterocycles. The lowest BCUT2D eigenvalue weighted by atomic mass is 10.1. The first kappa shape index (κ1) is 20.6. The molecule has 1 aliphatic carbocycles. The third-order valence-electron chi connectivity index (χ3n) is 5.44. The Labute approximate surface area is 152 Å². The van der Waals surface area contributed by atoms with Gasteiger partial charge in [-0.05, 0) is 26.3 Å². The second kappa shape index (κ2) is 9.82. The van der Waals surface area contributed by atoms with Gasteiger partial charge < -0.3 is 14.5 Å². The van der Waals surface area contributed by atoms with Crippen molar-refractivity contribution in [2.45, 2.75) is 31.3 Å². The number of ether oxygens (including phenoxy) is 1. The molecule has 146 valence electrons. The highest BCUT2D eigenvalue weighted by molar-refractivity contribution is 7.69. The van der Waals surface area contributed by atoms with Crippen molar-refractivity contribution in [3.05, 3.63) is 0 Å². The molecule has 2 fully saturated rings. The molecule has 2 atom stereocenters. The Balaban J connectivity index is 1.68. The number of carbonyl (C=O) groups excluding carboxylic acids is 1. The number of hydrogen-bond donors (Lipinski definition) is 1. The van der Waals surface area contributed by atoms with Gasteiger partial charge in [-0.15, -0.1) is 0 Å². The molecular weight excluding hydrogens is 344 g/mol. The summed E-state index contributed by atoms with van der Waals surface area (Å²) in [7, 11) is 2.92. The van der Waals surface area contributed by atoms with Gasteiger partial charge >= 0.3 is 0 Å². The van der Waals surface area contributed by atoms with Crippen LogP contribution in [-0.2, 0) is 20.4 Å². The number of amides is 1. The maximum Gasteiger partial charge on any atom is 0.248 e. The standard InChI is InChI=1S/C16H32N4O4S/c1-17-6-8-20(9-7-17)15-5-4-14(12-15)19(3)16(21)13-24-11-10-18(2)25(22)23/h14-15,25H,4-13H2,1-3H3/t14-,15+/m1/s1. The van der Waals surface area contributed by atoms with Crippen molar-refractivity contribution in [3.63, 3.8) is 0 Å². The van der Waals surface area contributed by atoms with Crippen molar-refractivity contribution < 1.29 is 17.9 Å². The van der Waals surface area contributed by atoms with E-state index in [4.69, 9.17) is 4.74 Å². The van der Waals surface area contributed by atoms with Crippen LogP contribution in [0.4, 0.5) is 0 Å². The highest BCUT2D eigenvalue weighted by atomic mass is 32.2. The van der Waals surface area contributed by atoms with Gasteiger partial charge in [0.05, 0.1) is 6.61 Å². The highest BCUT2D eigenvalue weighted by Gasteiger charge is 2.33. The topological polar surface area (TPSA) is 73.4 Å². The zero-order valence-corrected chi connectivity index (χ0v) is 16.5. The van der Waals surface area contributed by atoms with Crippen molar-refractivity contribution in [1.29, 1.82) is 0 Å². The summed E-state index contributed by atoms with van der Waals surface area (Å²) in [4.78, 5) is 19.0. The van der Waals surface area contributed by atoms with E-state index in [0.717, 1.165) is 45.4 Å². The third-order valence-corrected chi connectivity index (χ3v) is 6.19. The molecule has 0 N–H and O–H groups in total. The molecule has 2 aliphatic rings. The lowest BCUT2D eigenvalue weighted by molar-refractivity contribution is -0.136. The first-order chi connectivity index (χ1) is 11.9. The first-order valence-electron chi connectivity index (χ1n) is 9.00. The monoisotopic (exact) mass is 376 g/mol. The summed E-state index contributed by atoms with van der Waals surface area (Å²) in [6, 6.07) is 0.858. The number of piperazine rings is 1. The fourth-order valence-corrected chi connectivity index (χ4v) is 3.79. The molecule has 1 amide bonds. The van der Waals surface area contributed by atoms with Gasteiger partial charge in [-0.1, -0.05) is 0 Å². The van der Waals surface area contributed by atoms with Gasteiger partial charge in [0.25, 0.3) is 0 Å². The summed E-state index contributed by atoms with van der Waals surface area (Å²) in [6.07, 6.45) is 3.22. The summed E-state index contributed by atoms with van der Waals surface area (Å²) in [5.41, 5.74) is 0. The quantitative estimate of drug-likeness (QED) is 0.437. The lowest BCUT2D eigenvalue weighted by Gasteiger charge is -2.36. The van der Waals surface area contributed by atoms with Crippen LogP contribution in [-0.4, -0.2) is 112 Å². The molecule has 0 radical (unpaired) electrons. The van der Waals surface area contributed by atoms with E-state index in [-0.39, 0.29) is 31.7 Å². The molecule has 9 heteroatoms. The molecule has 25 heavy (non-hydrogen) atoms. The Kier molecular flexibility index (Phi) is 8.08. The number of hydrogen-bond acceptors (Lipinski definition) is 6. The van der Waals surface area contributed by atoms with E-state index in [0.29, 0.717) is 6.04 Å². The van der Waals surface area contributed by atoms with Crippen LogP contribution in [0.1, 0.15) is 19.3 Å². The van der Waals surface area contributed by atoms with Crippen LogP contribution in [0.2, 0.25) is 0 Å². The number of carbonyl (C=O) groups is 1. The number of nitrogens with zero attached hydrogens (tertiary/aromatic N) is 4. The Morgan fingerprint density at radius 3 is 2.48 bits per heavy atom. The molecule has 1 saturated carbocycles. The Morgan fingerprint density at radius 2 is 1.84 bits per heavy atom. The van der Waals surface area contributed by atoms with Gasteiger partial charge in [0, 0.05) is 58.9 Å². The Hall–Kier alpha value is -0.740. The van der Waals surface area contributed by atoms with E-state index in [1.807, 2.05) is 11.9 Å². The van der Waals surface area contributed by atoms with Gasteiger partial charge in [-0.3, -0.25) is 9.69 Å². The zero-order valence-electron chi connectivity index (χ0n) is 15.6. The van der Waals surface area contributed by atoms with Gasteiger partial charge in [-0.2, -0.15) is 0 Å². The number of likely N-dealkylation sites (N-methyl/N-ethyl adjacent to an activating group) is 3. The van der Waals surface area contributed by atoms with Crippen LogP contribution in [0, 0.1) is 0 Å². The number of thiol groups is 1. The predicted octanol–water partition coefficient (Wildman–Crippen LogP) is -0.912. The van der Waals surface area contributed by atoms with E-state index in [1.165, 1.54) is 11.4 Å². The fourth-order valence-electron chi connectivity index (χ4n) is 3.55. The molecule has 1 aliphatic heterocycles. The second-order valence-electron chi connectivity index (χ2n) is 7.14. The summed E-state index contributed by atoms with van der Waals surface area (Å²) >= 11 is 0. The smallest absolute Gasteiger partial charge is 0.248 e. The van der Waals surface area contributed by atoms with Gasteiger partial charge in [-0.25, -0.2) is 12.7 Å². The van der Waals surface area contributed by atoms with E-state index < -0.39 is 10.9 Å². The third kappa shape index (κ3) is 6.18. The minimum atomic E-state index is -2.58. The van der Waals surface area contributed by atoms with Crippen molar-refractivity contribution >= 4 is 16.8 Å². The van der Waals surface area contributed by atoms with Gasteiger partial charge in [0.15, 0.2) is 0 Å². The minimum absolute atomic E-state index is 0.00958. The van der Waals surface area contributed by atoms with Crippen LogP contribution in [0.5, 0.6) is 0 Å². The molecule has 0 aromatic carbocycles. The van der Waals surface area contributed by atoms with E-state index >= 15 is 0 Å². The molecule has 1 heterocycles. The summed E-state index contributed by atoms with van der Waals surface area (Å²) in [5, 5.41) is 0. The zero-order chi connectivity index (χ0) is 18.4. The van der Waals surface area contributed by atoms with Crippen LogP contribution in [0.25, 0.3) is 0 Å². The number of rotatable bonds is 8. The lowest BCUT2D eigenvalue weighted by Crippen LogP contribution is -2.48. The largest absolute Gasteiger partial charge is 0.370 e. The molecule has 1 saturated heterocycles. The van der Waals surface area contributed by atoms with Crippen molar-refractivity contribution in [2.75, 3.05) is 67.1 Å². The van der Waals surface area contributed by atoms with Gasteiger partial charge in [0.2, 0.25) is 16.8 Å². The molecular formula is C16H32N4O4S.